The summed E-state index contributed by atoms with van der Waals surface area (Å²) in [4.78, 5) is 5.96. The van der Waals surface area contributed by atoms with Crippen LogP contribution in [0.3, 0.4) is 0 Å². The lowest BCUT2D eigenvalue weighted by Gasteiger charge is -2.13. The van der Waals surface area contributed by atoms with Crippen molar-refractivity contribution in [2.45, 2.75) is 39.7 Å². The molecule has 0 radical (unpaired) electrons. The van der Waals surface area contributed by atoms with Crippen molar-refractivity contribution in [2.24, 2.45) is 5.73 Å². The van der Waals surface area contributed by atoms with Crippen molar-refractivity contribution < 1.29 is 0 Å². The molecular weight excluding hydrogens is 240 g/mol. The zero-order valence-electron chi connectivity index (χ0n) is 11.4. The third-order valence-electron chi connectivity index (χ3n) is 2.86. The fourth-order valence-electron chi connectivity index (χ4n) is 1.82. The maximum absolute atomic E-state index is 5.70. The van der Waals surface area contributed by atoms with Gasteiger partial charge in [0.15, 0.2) is 0 Å². The van der Waals surface area contributed by atoms with Crippen LogP contribution in [0.2, 0.25) is 0 Å². The van der Waals surface area contributed by atoms with E-state index in [0.29, 0.717) is 6.54 Å². The van der Waals surface area contributed by atoms with Crippen LogP contribution in [0, 0.1) is 6.92 Å². The lowest BCUT2D eigenvalue weighted by molar-refractivity contribution is 0.584. The molecule has 2 aromatic rings. The SMILES string of the molecule is Cc1nc(C(C)(C)C)sc1-c1cccc(CN)c1. The van der Waals surface area contributed by atoms with Gasteiger partial charge in [0, 0.05) is 12.0 Å². The maximum Gasteiger partial charge on any atom is 0.0988 e. The molecule has 2 N–H and O–H groups in total. The monoisotopic (exact) mass is 260 g/mol. The van der Waals surface area contributed by atoms with Crippen molar-refractivity contribution in [2.75, 3.05) is 0 Å². The minimum Gasteiger partial charge on any atom is -0.326 e. The summed E-state index contributed by atoms with van der Waals surface area (Å²) in [5.41, 5.74) is 9.31. The van der Waals surface area contributed by atoms with Gasteiger partial charge in [-0.2, -0.15) is 0 Å². The van der Waals surface area contributed by atoms with Gasteiger partial charge < -0.3 is 5.73 Å². The lowest BCUT2D eigenvalue weighted by atomic mass is 9.98. The Hall–Kier alpha value is -1.19. The van der Waals surface area contributed by atoms with Gasteiger partial charge in [0.05, 0.1) is 15.6 Å². The topological polar surface area (TPSA) is 38.9 Å². The second kappa shape index (κ2) is 4.82. The molecule has 2 nitrogen and oxygen atoms in total. The van der Waals surface area contributed by atoms with Crippen molar-refractivity contribution in [3.05, 3.63) is 40.5 Å². The first-order valence-corrected chi connectivity index (χ1v) is 7.01. The molecule has 1 aromatic heterocycles. The van der Waals surface area contributed by atoms with Crippen LogP contribution >= 0.6 is 11.3 Å². The van der Waals surface area contributed by atoms with Gasteiger partial charge in [-0.05, 0) is 24.1 Å². The van der Waals surface area contributed by atoms with Crippen molar-refractivity contribution in [1.82, 2.24) is 4.98 Å². The Labute approximate surface area is 113 Å². The molecule has 1 aromatic carbocycles. The molecule has 0 aliphatic heterocycles. The molecule has 1 heterocycles. The standard InChI is InChI=1S/C15H20N2S/c1-10-13(18-14(17-10)15(2,3)4)12-7-5-6-11(8-12)9-16/h5-8H,9,16H2,1-4H3. The number of benzene rings is 1. The molecule has 0 unspecified atom stereocenters. The van der Waals surface area contributed by atoms with E-state index in [2.05, 4.69) is 52.0 Å². The Morgan fingerprint density at radius 3 is 2.56 bits per heavy atom. The Morgan fingerprint density at radius 1 is 1.28 bits per heavy atom. The highest BCUT2D eigenvalue weighted by molar-refractivity contribution is 7.15. The molecule has 0 saturated carbocycles. The molecule has 2 rings (SSSR count). The van der Waals surface area contributed by atoms with Gasteiger partial charge in [-0.1, -0.05) is 39.0 Å². The van der Waals surface area contributed by atoms with Gasteiger partial charge in [0.2, 0.25) is 0 Å². The molecule has 0 saturated heterocycles. The first kappa shape index (κ1) is 13.2. The summed E-state index contributed by atoms with van der Waals surface area (Å²) in [5, 5.41) is 1.19. The number of hydrogen-bond donors (Lipinski definition) is 1. The lowest BCUT2D eigenvalue weighted by Crippen LogP contribution is -2.10. The third kappa shape index (κ3) is 2.62. The van der Waals surface area contributed by atoms with E-state index in [1.54, 1.807) is 11.3 Å². The van der Waals surface area contributed by atoms with Crippen LogP contribution in [0.5, 0.6) is 0 Å². The van der Waals surface area contributed by atoms with E-state index in [4.69, 9.17) is 10.7 Å². The van der Waals surface area contributed by atoms with Crippen LogP contribution in [-0.2, 0) is 12.0 Å². The Kier molecular flexibility index (Phi) is 3.55. The van der Waals surface area contributed by atoms with Crippen molar-refractivity contribution in [3.8, 4) is 10.4 Å². The smallest absolute Gasteiger partial charge is 0.0988 e. The van der Waals surface area contributed by atoms with E-state index in [1.165, 1.54) is 15.4 Å². The number of aromatic nitrogens is 1. The Morgan fingerprint density at radius 2 is 2.00 bits per heavy atom. The van der Waals surface area contributed by atoms with Crippen LogP contribution in [0.15, 0.2) is 24.3 Å². The van der Waals surface area contributed by atoms with Crippen molar-refractivity contribution in [3.63, 3.8) is 0 Å². The Balaban J connectivity index is 2.47. The van der Waals surface area contributed by atoms with E-state index in [0.717, 1.165) is 11.3 Å². The highest BCUT2D eigenvalue weighted by Crippen LogP contribution is 2.35. The van der Waals surface area contributed by atoms with E-state index in [-0.39, 0.29) is 5.41 Å². The summed E-state index contributed by atoms with van der Waals surface area (Å²) in [5.74, 6) is 0. The fourth-order valence-corrected chi connectivity index (χ4v) is 2.94. The number of aryl methyl sites for hydroxylation is 1. The minimum absolute atomic E-state index is 0.110. The summed E-state index contributed by atoms with van der Waals surface area (Å²) in [6, 6.07) is 8.41. The van der Waals surface area contributed by atoms with Crippen LogP contribution in [0.1, 0.15) is 37.0 Å². The fraction of sp³-hybridized carbons (Fsp3) is 0.400. The molecule has 0 atom stereocenters. The van der Waals surface area contributed by atoms with Crippen molar-refractivity contribution >= 4 is 11.3 Å². The van der Waals surface area contributed by atoms with Crippen molar-refractivity contribution in [1.29, 1.82) is 0 Å². The van der Waals surface area contributed by atoms with Gasteiger partial charge in [0.1, 0.15) is 0 Å². The Bertz CT molecular complexity index is 550. The van der Waals surface area contributed by atoms with Crippen LogP contribution < -0.4 is 5.73 Å². The normalized spacial score (nSPS) is 11.8. The van der Waals surface area contributed by atoms with E-state index in [9.17, 15) is 0 Å². The van der Waals surface area contributed by atoms with Gasteiger partial charge in [-0.3, -0.25) is 0 Å². The largest absolute Gasteiger partial charge is 0.326 e. The van der Waals surface area contributed by atoms with Gasteiger partial charge in [-0.15, -0.1) is 11.3 Å². The second-order valence-electron chi connectivity index (χ2n) is 5.59. The molecular formula is C15H20N2S. The number of rotatable bonds is 2. The van der Waals surface area contributed by atoms with E-state index < -0.39 is 0 Å². The number of hydrogen-bond acceptors (Lipinski definition) is 3. The molecule has 0 spiro atoms. The third-order valence-corrected chi connectivity index (χ3v) is 4.50. The average molecular weight is 260 g/mol. The number of nitrogens with two attached hydrogens (primary N) is 1. The summed E-state index contributed by atoms with van der Waals surface area (Å²) in [7, 11) is 0. The van der Waals surface area contributed by atoms with Crippen LogP contribution in [0.25, 0.3) is 10.4 Å². The molecule has 0 amide bonds. The molecule has 0 bridgehead atoms. The molecule has 0 aliphatic rings. The van der Waals surface area contributed by atoms with Gasteiger partial charge in [-0.25, -0.2) is 4.98 Å². The van der Waals surface area contributed by atoms with Crippen LogP contribution in [0.4, 0.5) is 0 Å². The first-order chi connectivity index (χ1) is 8.41. The van der Waals surface area contributed by atoms with Crippen LogP contribution in [-0.4, -0.2) is 4.98 Å². The van der Waals surface area contributed by atoms with Gasteiger partial charge >= 0.3 is 0 Å². The summed E-state index contributed by atoms with van der Waals surface area (Å²) in [6.45, 7) is 9.26. The zero-order chi connectivity index (χ0) is 13.3. The second-order valence-corrected chi connectivity index (χ2v) is 6.59. The first-order valence-electron chi connectivity index (χ1n) is 6.19. The predicted molar refractivity (Wildman–Crippen MR) is 78.9 cm³/mol. The number of nitrogens with zero attached hydrogens (tertiary/aromatic N) is 1. The summed E-state index contributed by atoms with van der Waals surface area (Å²) >= 11 is 1.79. The highest BCUT2D eigenvalue weighted by atomic mass is 32.1. The maximum atomic E-state index is 5.70. The predicted octanol–water partition coefficient (Wildman–Crippen LogP) is 3.87. The molecule has 96 valence electrons. The molecule has 3 heteroatoms. The molecule has 0 aliphatic carbocycles. The van der Waals surface area contributed by atoms with E-state index >= 15 is 0 Å². The molecule has 0 fully saturated rings. The quantitative estimate of drug-likeness (QED) is 0.890. The molecule has 18 heavy (non-hydrogen) atoms. The van der Waals surface area contributed by atoms with E-state index in [1.807, 2.05) is 0 Å². The zero-order valence-corrected chi connectivity index (χ0v) is 12.3. The summed E-state index contributed by atoms with van der Waals surface area (Å²) < 4.78 is 0. The average Bonchev–Trinajstić information content (AvgIpc) is 2.71. The highest BCUT2D eigenvalue weighted by Gasteiger charge is 2.20. The number of thiazole rings is 1. The van der Waals surface area contributed by atoms with Gasteiger partial charge in [0.25, 0.3) is 0 Å². The minimum atomic E-state index is 0.110. The summed E-state index contributed by atoms with van der Waals surface area (Å²) in [6.07, 6.45) is 0.